The Kier molecular flexibility index (Phi) is 4.22. The summed E-state index contributed by atoms with van der Waals surface area (Å²) >= 11 is 0. The SMILES string of the molecule is C/C=C(/C)C1=C[C@@H]1C1(CC(C)=C(C#N)C#N)CC1=C(C#N)C#N. The van der Waals surface area contributed by atoms with Crippen molar-refractivity contribution in [2.45, 2.75) is 33.6 Å². The first-order chi connectivity index (χ1) is 11.0. The van der Waals surface area contributed by atoms with Gasteiger partial charge in [0.2, 0.25) is 0 Å². The van der Waals surface area contributed by atoms with E-state index in [-0.39, 0.29) is 22.5 Å². The Bertz CT molecular complexity index is 821. The summed E-state index contributed by atoms with van der Waals surface area (Å²) in [6.45, 7) is 5.80. The summed E-state index contributed by atoms with van der Waals surface area (Å²) in [4.78, 5) is 0. The van der Waals surface area contributed by atoms with Gasteiger partial charge in [-0.25, -0.2) is 0 Å². The van der Waals surface area contributed by atoms with E-state index in [1.807, 2.05) is 44.2 Å². The van der Waals surface area contributed by atoms with Crippen LogP contribution in [-0.4, -0.2) is 0 Å². The Hall–Kier alpha value is -3.08. The van der Waals surface area contributed by atoms with Crippen LogP contribution in [0.15, 0.2) is 45.6 Å². The maximum atomic E-state index is 9.15. The minimum Gasteiger partial charge on any atom is -0.192 e. The van der Waals surface area contributed by atoms with Gasteiger partial charge in [-0.3, -0.25) is 0 Å². The molecule has 0 saturated heterocycles. The molecule has 0 aliphatic heterocycles. The molecule has 0 radical (unpaired) electrons. The van der Waals surface area contributed by atoms with E-state index in [1.165, 1.54) is 11.1 Å². The Labute approximate surface area is 136 Å². The molecule has 0 aromatic rings. The Morgan fingerprint density at radius 3 is 2.26 bits per heavy atom. The third kappa shape index (κ3) is 2.68. The van der Waals surface area contributed by atoms with Gasteiger partial charge in [0.15, 0.2) is 0 Å². The molecule has 2 aliphatic rings. The van der Waals surface area contributed by atoms with Crippen LogP contribution in [0.25, 0.3) is 0 Å². The van der Waals surface area contributed by atoms with Crippen molar-refractivity contribution in [2.24, 2.45) is 11.3 Å². The minimum absolute atomic E-state index is 0.121. The molecule has 0 N–H and O–H groups in total. The van der Waals surface area contributed by atoms with Crippen LogP contribution >= 0.6 is 0 Å². The van der Waals surface area contributed by atoms with Crippen molar-refractivity contribution in [3.8, 4) is 24.3 Å². The van der Waals surface area contributed by atoms with Gasteiger partial charge in [-0.1, -0.05) is 17.7 Å². The van der Waals surface area contributed by atoms with E-state index >= 15 is 0 Å². The van der Waals surface area contributed by atoms with Gasteiger partial charge in [0.25, 0.3) is 0 Å². The van der Waals surface area contributed by atoms with Crippen molar-refractivity contribution in [3.05, 3.63) is 45.6 Å². The van der Waals surface area contributed by atoms with Crippen molar-refractivity contribution in [3.63, 3.8) is 0 Å². The fourth-order valence-corrected chi connectivity index (χ4v) is 3.25. The quantitative estimate of drug-likeness (QED) is 0.733. The van der Waals surface area contributed by atoms with Gasteiger partial charge in [0.1, 0.15) is 35.4 Å². The minimum atomic E-state index is -0.302. The highest BCUT2D eigenvalue weighted by Gasteiger charge is 2.60. The predicted octanol–water partition coefficient (Wildman–Crippen LogP) is 4.00. The lowest BCUT2D eigenvalue weighted by molar-refractivity contribution is 0.480. The molecular weight excluding hydrogens is 284 g/mol. The molecule has 1 fully saturated rings. The summed E-state index contributed by atoms with van der Waals surface area (Å²) in [7, 11) is 0. The number of rotatable bonds is 4. The maximum Gasteiger partial charge on any atom is 0.129 e. The molecule has 23 heavy (non-hydrogen) atoms. The lowest BCUT2D eigenvalue weighted by atomic mass is 9.85. The van der Waals surface area contributed by atoms with E-state index in [0.29, 0.717) is 12.8 Å². The van der Waals surface area contributed by atoms with Crippen molar-refractivity contribution in [1.82, 2.24) is 0 Å². The predicted molar refractivity (Wildman–Crippen MR) is 84.8 cm³/mol. The van der Waals surface area contributed by atoms with E-state index in [0.717, 1.165) is 11.1 Å². The summed E-state index contributed by atoms with van der Waals surface area (Å²) in [6.07, 6.45) is 5.40. The molecular formula is C19H16N4. The van der Waals surface area contributed by atoms with Crippen molar-refractivity contribution >= 4 is 0 Å². The second-order valence-corrected chi connectivity index (χ2v) is 6.04. The standard InChI is InChI=1S/C19H16N4/c1-4-12(2)16-5-17(16)19(6-13(3)14(8-20)9-21)7-18(19)15(10-22)11-23/h4-5,17H,6-7H2,1-3H3/b12-4-/t17-,19?/m0/s1. The monoisotopic (exact) mass is 300 g/mol. The molecule has 1 unspecified atom stereocenters. The molecule has 0 heterocycles. The molecule has 0 spiro atoms. The summed E-state index contributed by atoms with van der Waals surface area (Å²) in [6, 6.07) is 7.79. The number of allylic oxidation sites excluding steroid dienone is 8. The van der Waals surface area contributed by atoms with Crippen LogP contribution in [0, 0.1) is 56.7 Å². The van der Waals surface area contributed by atoms with Gasteiger partial charge in [-0.2, -0.15) is 21.0 Å². The van der Waals surface area contributed by atoms with Crippen LogP contribution in [0.1, 0.15) is 33.6 Å². The zero-order valence-electron chi connectivity index (χ0n) is 13.4. The first kappa shape index (κ1) is 16.3. The van der Waals surface area contributed by atoms with E-state index in [9.17, 15) is 0 Å². The summed E-state index contributed by atoms with van der Waals surface area (Å²) in [5, 5.41) is 36.4. The summed E-state index contributed by atoms with van der Waals surface area (Å²) in [5.41, 5.74) is 4.00. The zero-order valence-corrected chi connectivity index (χ0v) is 13.4. The van der Waals surface area contributed by atoms with Crippen LogP contribution in [0.5, 0.6) is 0 Å². The van der Waals surface area contributed by atoms with Crippen LogP contribution < -0.4 is 0 Å². The average molecular weight is 300 g/mol. The van der Waals surface area contributed by atoms with Crippen LogP contribution in [0.2, 0.25) is 0 Å². The summed E-state index contributed by atoms with van der Waals surface area (Å²) < 4.78 is 0. The lowest BCUT2D eigenvalue weighted by Gasteiger charge is -2.17. The smallest absolute Gasteiger partial charge is 0.129 e. The molecule has 0 aromatic heterocycles. The van der Waals surface area contributed by atoms with E-state index in [2.05, 4.69) is 6.08 Å². The fourth-order valence-electron chi connectivity index (χ4n) is 3.25. The van der Waals surface area contributed by atoms with E-state index in [4.69, 9.17) is 21.0 Å². The van der Waals surface area contributed by atoms with Gasteiger partial charge in [0, 0.05) is 11.3 Å². The second-order valence-electron chi connectivity index (χ2n) is 6.04. The first-order valence-electron chi connectivity index (χ1n) is 7.37. The maximum absolute atomic E-state index is 9.15. The molecule has 0 amide bonds. The van der Waals surface area contributed by atoms with Gasteiger partial charge in [0.05, 0.1) is 0 Å². The molecule has 1 saturated carbocycles. The van der Waals surface area contributed by atoms with Crippen LogP contribution in [-0.2, 0) is 0 Å². The topological polar surface area (TPSA) is 95.2 Å². The van der Waals surface area contributed by atoms with E-state index < -0.39 is 0 Å². The number of nitrogens with zero attached hydrogens (tertiary/aromatic N) is 4. The molecule has 4 nitrogen and oxygen atoms in total. The molecule has 2 aliphatic carbocycles. The Balaban J connectivity index is 2.40. The highest BCUT2D eigenvalue weighted by molar-refractivity contribution is 5.60. The van der Waals surface area contributed by atoms with Crippen LogP contribution in [0.3, 0.4) is 0 Å². The summed E-state index contributed by atoms with van der Waals surface area (Å²) in [5.74, 6) is 0.194. The van der Waals surface area contributed by atoms with Gasteiger partial charge in [-0.05, 0) is 50.3 Å². The highest BCUT2D eigenvalue weighted by Crippen LogP contribution is 2.69. The third-order valence-electron chi connectivity index (χ3n) is 4.78. The normalized spacial score (nSPS) is 24.3. The molecule has 2 rings (SSSR count). The van der Waals surface area contributed by atoms with Crippen LogP contribution in [0.4, 0.5) is 0 Å². The number of nitriles is 4. The fraction of sp³-hybridized carbons (Fsp3) is 0.368. The molecule has 112 valence electrons. The molecule has 2 atom stereocenters. The Morgan fingerprint density at radius 1 is 1.17 bits per heavy atom. The van der Waals surface area contributed by atoms with Gasteiger partial charge < -0.3 is 0 Å². The van der Waals surface area contributed by atoms with Crippen molar-refractivity contribution in [1.29, 1.82) is 21.0 Å². The van der Waals surface area contributed by atoms with Crippen molar-refractivity contribution < 1.29 is 0 Å². The molecule has 0 bridgehead atoms. The average Bonchev–Trinajstić information content (AvgIpc) is 3.44. The Morgan fingerprint density at radius 2 is 1.78 bits per heavy atom. The lowest BCUT2D eigenvalue weighted by Crippen LogP contribution is -2.09. The number of hydrogen-bond donors (Lipinski definition) is 0. The second kappa shape index (κ2) is 5.96. The highest BCUT2D eigenvalue weighted by atomic mass is 14.6. The van der Waals surface area contributed by atoms with Crippen molar-refractivity contribution in [2.75, 3.05) is 0 Å². The third-order valence-corrected chi connectivity index (χ3v) is 4.78. The largest absolute Gasteiger partial charge is 0.192 e. The zero-order chi connectivity index (χ0) is 17.2. The van der Waals surface area contributed by atoms with Gasteiger partial charge >= 0.3 is 0 Å². The van der Waals surface area contributed by atoms with E-state index in [1.54, 1.807) is 6.92 Å². The van der Waals surface area contributed by atoms with Gasteiger partial charge in [-0.15, -0.1) is 0 Å². The molecule has 0 aromatic carbocycles. The number of hydrogen-bond acceptors (Lipinski definition) is 4. The first-order valence-corrected chi connectivity index (χ1v) is 7.37. The molecule has 4 heteroatoms.